The fraction of sp³-hybridized carbons (Fsp3) is 0.609. The van der Waals surface area contributed by atoms with Crippen molar-refractivity contribution in [1.29, 1.82) is 0 Å². The van der Waals surface area contributed by atoms with Gasteiger partial charge in [-0.3, -0.25) is 14.2 Å². The van der Waals surface area contributed by atoms with Gasteiger partial charge >= 0.3 is 5.97 Å². The molecule has 0 aromatic carbocycles. The number of esters is 1. The highest BCUT2D eigenvalue weighted by Gasteiger charge is 2.33. The second-order valence-corrected chi connectivity index (χ2v) is 10.1. The van der Waals surface area contributed by atoms with Gasteiger partial charge in [0.05, 0.1) is 11.1 Å². The second kappa shape index (κ2) is 8.38. The van der Waals surface area contributed by atoms with Gasteiger partial charge in [0.15, 0.2) is 6.73 Å². The van der Waals surface area contributed by atoms with E-state index in [4.69, 9.17) is 10.5 Å². The van der Waals surface area contributed by atoms with Crippen LogP contribution in [0.4, 0.5) is 5.69 Å². The van der Waals surface area contributed by atoms with Crippen LogP contribution in [0.2, 0.25) is 0 Å². The van der Waals surface area contributed by atoms with Crippen molar-refractivity contribution in [3.63, 3.8) is 0 Å². The number of amides is 1. The lowest BCUT2D eigenvalue weighted by Gasteiger charge is -2.36. The molecule has 1 aliphatic rings. The first kappa shape index (κ1) is 22.3. The third-order valence-corrected chi connectivity index (χ3v) is 6.02. The van der Waals surface area contributed by atoms with Gasteiger partial charge in [-0.2, -0.15) is 0 Å². The number of aromatic nitrogens is 2. The highest BCUT2D eigenvalue weighted by molar-refractivity contribution is 6.01. The summed E-state index contributed by atoms with van der Waals surface area (Å²) in [4.78, 5) is 29.3. The Labute approximate surface area is 178 Å². The largest absolute Gasteiger partial charge is 0.443 e. The molecule has 2 heterocycles. The Bertz CT molecular complexity index is 913. The Balaban J connectivity index is 1.67. The molecule has 7 heteroatoms. The Morgan fingerprint density at radius 2 is 1.83 bits per heavy atom. The molecule has 0 aliphatic heterocycles. The van der Waals surface area contributed by atoms with E-state index >= 15 is 0 Å². The van der Waals surface area contributed by atoms with E-state index in [1.54, 1.807) is 16.8 Å². The van der Waals surface area contributed by atoms with Crippen molar-refractivity contribution in [2.75, 3.05) is 5.32 Å². The van der Waals surface area contributed by atoms with Gasteiger partial charge in [-0.25, -0.2) is 4.98 Å². The standard InChI is InChI=1S/C23H34N4O3/c1-22(2,3)21(29)30-14-27-13-11-17-18(10-12-25-19(17)27)26-20(28)15-6-8-16(9-7-15)23(4,5)24/h10-13,15-16H,6-9,14,24H2,1-5H3,(H,25,26,28)/t15-,16-. The number of nitrogens with two attached hydrogens (primary N) is 1. The SMILES string of the molecule is CC(C)(C)C(=O)OCn1ccc2c(NC(=O)[C@H]3CC[C@H](C(C)(C)N)CC3)ccnc21. The zero-order chi connectivity index (χ0) is 22.1. The third kappa shape index (κ3) is 5.01. The van der Waals surface area contributed by atoms with Gasteiger partial charge in [-0.15, -0.1) is 0 Å². The minimum atomic E-state index is -0.562. The summed E-state index contributed by atoms with van der Waals surface area (Å²) in [6.45, 7) is 9.66. The molecule has 2 aromatic heterocycles. The third-order valence-electron chi connectivity index (χ3n) is 6.02. The molecule has 0 bridgehead atoms. The molecule has 1 aliphatic carbocycles. The first-order valence-electron chi connectivity index (χ1n) is 10.7. The topological polar surface area (TPSA) is 99.2 Å². The van der Waals surface area contributed by atoms with Gasteiger partial charge < -0.3 is 15.8 Å². The summed E-state index contributed by atoms with van der Waals surface area (Å²) in [6.07, 6.45) is 7.14. The molecule has 0 atom stereocenters. The molecule has 2 aromatic rings. The number of nitrogens with zero attached hydrogens (tertiary/aromatic N) is 2. The average molecular weight is 415 g/mol. The molecule has 1 saturated carbocycles. The molecular formula is C23H34N4O3. The predicted molar refractivity (Wildman–Crippen MR) is 118 cm³/mol. The van der Waals surface area contributed by atoms with Gasteiger partial charge in [0, 0.05) is 29.2 Å². The molecule has 0 radical (unpaired) electrons. The van der Waals surface area contributed by atoms with E-state index in [1.165, 1.54) is 0 Å². The maximum absolute atomic E-state index is 12.9. The van der Waals surface area contributed by atoms with Crippen LogP contribution in [0.5, 0.6) is 0 Å². The molecule has 1 amide bonds. The van der Waals surface area contributed by atoms with Crippen LogP contribution in [0.25, 0.3) is 11.0 Å². The van der Waals surface area contributed by atoms with E-state index in [9.17, 15) is 9.59 Å². The van der Waals surface area contributed by atoms with Crippen molar-refractivity contribution in [2.24, 2.45) is 23.0 Å². The van der Waals surface area contributed by atoms with Gasteiger partial charge in [0.2, 0.25) is 5.91 Å². The predicted octanol–water partition coefficient (Wildman–Crippen LogP) is 4.07. The van der Waals surface area contributed by atoms with Crippen LogP contribution < -0.4 is 11.1 Å². The summed E-state index contributed by atoms with van der Waals surface area (Å²) in [7, 11) is 0. The second-order valence-electron chi connectivity index (χ2n) is 10.1. The number of fused-ring (bicyclic) bond motifs is 1. The van der Waals surface area contributed by atoms with E-state index in [1.807, 2.05) is 33.0 Å². The Kier molecular flexibility index (Phi) is 6.22. The van der Waals surface area contributed by atoms with Crippen LogP contribution in [0.15, 0.2) is 24.5 Å². The number of ether oxygens (including phenoxy) is 1. The Hall–Kier alpha value is -2.41. The number of carbonyl (C=O) groups excluding carboxylic acids is 2. The molecule has 0 saturated heterocycles. The fourth-order valence-corrected chi connectivity index (χ4v) is 3.98. The number of carbonyl (C=O) groups is 2. The summed E-state index contributed by atoms with van der Waals surface area (Å²) in [5.41, 5.74) is 6.89. The monoisotopic (exact) mass is 414 g/mol. The van der Waals surface area contributed by atoms with Crippen molar-refractivity contribution >= 4 is 28.6 Å². The molecule has 164 valence electrons. The minimum absolute atomic E-state index is 0.00152. The number of rotatable bonds is 5. The molecule has 3 rings (SSSR count). The summed E-state index contributed by atoms with van der Waals surface area (Å²) < 4.78 is 7.17. The van der Waals surface area contributed by atoms with Crippen LogP contribution in [-0.4, -0.2) is 27.0 Å². The number of pyridine rings is 1. The Morgan fingerprint density at radius 1 is 1.17 bits per heavy atom. The first-order valence-corrected chi connectivity index (χ1v) is 10.7. The van der Waals surface area contributed by atoms with Crippen molar-refractivity contribution in [3.8, 4) is 0 Å². The van der Waals surface area contributed by atoms with Gasteiger partial charge in [0.1, 0.15) is 5.65 Å². The lowest BCUT2D eigenvalue weighted by molar-refractivity contribution is -0.156. The molecule has 0 unspecified atom stereocenters. The number of nitrogens with one attached hydrogen (secondary N) is 1. The van der Waals surface area contributed by atoms with Crippen molar-refractivity contribution < 1.29 is 14.3 Å². The molecule has 7 nitrogen and oxygen atoms in total. The average Bonchev–Trinajstić information content (AvgIpc) is 3.09. The van der Waals surface area contributed by atoms with E-state index in [-0.39, 0.29) is 30.1 Å². The Morgan fingerprint density at radius 3 is 2.43 bits per heavy atom. The lowest BCUT2D eigenvalue weighted by Crippen LogP contribution is -2.43. The zero-order valence-corrected chi connectivity index (χ0v) is 18.7. The van der Waals surface area contributed by atoms with Gasteiger partial charge in [-0.1, -0.05) is 0 Å². The van der Waals surface area contributed by atoms with Crippen LogP contribution in [0, 0.1) is 17.3 Å². The van der Waals surface area contributed by atoms with Crippen molar-refractivity contribution in [2.45, 2.75) is 72.6 Å². The minimum Gasteiger partial charge on any atom is -0.443 e. The summed E-state index contributed by atoms with van der Waals surface area (Å²) in [5.74, 6) is 0.230. The van der Waals surface area contributed by atoms with Crippen molar-refractivity contribution in [1.82, 2.24) is 9.55 Å². The van der Waals surface area contributed by atoms with Crippen molar-refractivity contribution in [3.05, 3.63) is 24.5 Å². The van der Waals surface area contributed by atoms with Crippen LogP contribution in [0.3, 0.4) is 0 Å². The maximum Gasteiger partial charge on any atom is 0.312 e. The fourth-order valence-electron chi connectivity index (χ4n) is 3.98. The molecule has 30 heavy (non-hydrogen) atoms. The molecule has 3 N–H and O–H groups in total. The van der Waals surface area contributed by atoms with Gasteiger partial charge in [0.25, 0.3) is 0 Å². The number of anilines is 1. The van der Waals surface area contributed by atoms with Crippen LogP contribution in [0.1, 0.15) is 60.3 Å². The number of hydrogen-bond acceptors (Lipinski definition) is 5. The lowest BCUT2D eigenvalue weighted by atomic mass is 9.73. The molecular weight excluding hydrogens is 380 g/mol. The van der Waals surface area contributed by atoms with E-state index in [0.29, 0.717) is 11.6 Å². The summed E-state index contributed by atoms with van der Waals surface area (Å²) >= 11 is 0. The van der Waals surface area contributed by atoms with Gasteiger partial charge in [-0.05, 0) is 78.4 Å². The maximum atomic E-state index is 12.9. The van der Waals surface area contributed by atoms with E-state index < -0.39 is 5.41 Å². The smallest absolute Gasteiger partial charge is 0.312 e. The van der Waals surface area contributed by atoms with E-state index in [0.717, 1.165) is 36.8 Å². The summed E-state index contributed by atoms with van der Waals surface area (Å²) in [6, 6.07) is 3.69. The molecule has 1 fully saturated rings. The zero-order valence-electron chi connectivity index (χ0n) is 18.7. The molecule has 0 spiro atoms. The number of hydrogen-bond donors (Lipinski definition) is 2. The highest BCUT2D eigenvalue weighted by atomic mass is 16.5. The van der Waals surface area contributed by atoms with Crippen LogP contribution in [-0.2, 0) is 21.1 Å². The van der Waals surface area contributed by atoms with Crippen LogP contribution >= 0.6 is 0 Å². The normalized spacial score (nSPS) is 20.2. The quantitative estimate of drug-likeness (QED) is 0.719. The van der Waals surface area contributed by atoms with E-state index in [2.05, 4.69) is 24.1 Å². The first-order chi connectivity index (χ1) is 14.0. The summed E-state index contributed by atoms with van der Waals surface area (Å²) in [5, 5.41) is 3.91. The highest BCUT2D eigenvalue weighted by Crippen LogP contribution is 2.35.